The van der Waals surface area contributed by atoms with E-state index in [0.717, 1.165) is 18.7 Å². The van der Waals surface area contributed by atoms with Crippen LogP contribution in [0.2, 0.25) is 0 Å². The van der Waals surface area contributed by atoms with Crippen LogP contribution in [0.25, 0.3) is 0 Å². The number of nitrogens with two attached hydrogens (primary N) is 1. The fourth-order valence-corrected chi connectivity index (χ4v) is 1.63. The molecule has 19 heavy (non-hydrogen) atoms. The third-order valence-electron chi connectivity index (χ3n) is 3.77. The van der Waals surface area contributed by atoms with Gasteiger partial charge in [-0.05, 0) is 51.6 Å². The normalized spacial score (nSPS) is 11.6. The van der Waals surface area contributed by atoms with E-state index in [1.165, 1.54) is 0 Å². The minimum absolute atomic E-state index is 0.0310. The monoisotopic (exact) mass is 263 g/mol. The van der Waals surface area contributed by atoms with E-state index in [1.807, 2.05) is 12.1 Å². The molecule has 0 aromatic heterocycles. The number of nitrogens with zero attached hydrogens (tertiary/aromatic N) is 1. The fourth-order valence-electron chi connectivity index (χ4n) is 1.63. The van der Waals surface area contributed by atoms with Gasteiger partial charge in [0.25, 0.3) is 0 Å². The van der Waals surface area contributed by atoms with Gasteiger partial charge in [-0.1, -0.05) is 6.92 Å². The van der Waals surface area contributed by atoms with Crippen LogP contribution in [-0.2, 0) is 4.79 Å². The van der Waals surface area contributed by atoms with Crippen LogP contribution in [0.3, 0.4) is 0 Å². The van der Waals surface area contributed by atoms with Gasteiger partial charge in [0.05, 0.1) is 0 Å². The summed E-state index contributed by atoms with van der Waals surface area (Å²) in [6.45, 7) is 7.28. The van der Waals surface area contributed by atoms with E-state index >= 15 is 0 Å². The largest absolute Gasteiger partial charge is 0.399 e. The molecule has 0 aliphatic heterocycles. The Balaban J connectivity index is 2.42. The number of nitrogen functional groups attached to an aromatic ring is 1. The molecule has 0 radical (unpaired) electrons. The van der Waals surface area contributed by atoms with Crippen molar-refractivity contribution in [3.63, 3.8) is 0 Å². The molecule has 106 valence electrons. The molecule has 0 aliphatic carbocycles. The molecule has 0 bridgehead atoms. The number of hydrogen-bond acceptors (Lipinski definition) is 3. The molecular formula is C15H25N3O. The highest BCUT2D eigenvalue weighted by molar-refractivity contribution is 5.90. The van der Waals surface area contributed by atoms with Gasteiger partial charge in [-0.3, -0.25) is 4.79 Å². The van der Waals surface area contributed by atoms with Gasteiger partial charge in [-0.2, -0.15) is 0 Å². The van der Waals surface area contributed by atoms with Gasteiger partial charge >= 0.3 is 0 Å². The van der Waals surface area contributed by atoms with E-state index in [-0.39, 0.29) is 11.4 Å². The molecule has 0 aliphatic rings. The van der Waals surface area contributed by atoms with Crippen molar-refractivity contribution in [3.8, 4) is 0 Å². The average Bonchev–Trinajstić information content (AvgIpc) is 2.38. The fraction of sp³-hybridized carbons (Fsp3) is 0.533. The summed E-state index contributed by atoms with van der Waals surface area (Å²) in [5.41, 5.74) is 7.21. The number of hydrogen-bond donors (Lipinski definition) is 2. The first kappa shape index (κ1) is 15.5. The van der Waals surface area contributed by atoms with Crippen molar-refractivity contribution in [2.24, 2.45) is 0 Å². The highest BCUT2D eigenvalue weighted by Gasteiger charge is 2.21. The van der Waals surface area contributed by atoms with Gasteiger partial charge in [-0.15, -0.1) is 0 Å². The molecule has 0 atom stereocenters. The Morgan fingerprint density at radius 1 is 1.32 bits per heavy atom. The van der Waals surface area contributed by atoms with Gasteiger partial charge in [0, 0.05) is 29.9 Å². The smallest absolute Gasteiger partial charge is 0.225 e. The highest BCUT2D eigenvalue weighted by atomic mass is 16.1. The van der Waals surface area contributed by atoms with Crippen molar-refractivity contribution >= 4 is 17.3 Å². The molecule has 3 N–H and O–H groups in total. The lowest BCUT2D eigenvalue weighted by Gasteiger charge is -2.34. The Labute approximate surface area is 116 Å². The molecule has 1 rings (SSSR count). The van der Waals surface area contributed by atoms with Gasteiger partial charge in [0.15, 0.2) is 0 Å². The first-order chi connectivity index (χ1) is 8.85. The summed E-state index contributed by atoms with van der Waals surface area (Å²) in [7, 11) is 2.06. The molecule has 1 aromatic carbocycles. The first-order valence-corrected chi connectivity index (χ1v) is 6.72. The molecule has 0 heterocycles. The van der Waals surface area contributed by atoms with Gasteiger partial charge < -0.3 is 16.0 Å². The van der Waals surface area contributed by atoms with Crippen LogP contribution >= 0.6 is 0 Å². The molecular weight excluding hydrogens is 238 g/mol. The third kappa shape index (κ3) is 4.91. The van der Waals surface area contributed by atoms with Crippen LogP contribution in [0, 0.1) is 0 Å². The average molecular weight is 263 g/mol. The van der Waals surface area contributed by atoms with E-state index in [4.69, 9.17) is 5.73 Å². The third-order valence-corrected chi connectivity index (χ3v) is 3.77. The summed E-state index contributed by atoms with van der Waals surface area (Å²) in [4.78, 5) is 14.1. The zero-order valence-corrected chi connectivity index (χ0v) is 12.4. The second kappa shape index (κ2) is 6.57. The summed E-state index contributed by atoms with van der Waals surface area (Å²) < 4.78 is 0. The zero-order valence-electron chi connectivity index (χ0n) is 12.4. The predicted octanol–water partition coefficient (Wildman–Crippen LogP) is 2.72. The number of benzene rings is 1. The lowest BCUT2D eigenvalue weighted by molar-refractivity contribution is -0.116. The Morgan fingerprint density at radius 2 is 1.89 bits per heavy atom. The van der Waals surface area contributed by atoms with E-state index < -0.39 is 0 Å². The second-order valence-electron chi connectivity index (χ2n) is 5.51. The second-order valence-corrected chi connectivity index (χ2v) is 5.51. The van der Waals surface area contributed by atoms with E-state index in [0.29, 0.717) is 12.1 Å². The summed E-state index contributed by atoms with van der Waals surface area (Å²) in [6.07, 6.45) is 1.55. The van der Waals surface area contributed by atoms with Gasteiger partial charge in [0.1, 0.15) is 0 Å². The summed E-state index contributed by atoms with van der Waals surface area (Å²) in [6, 6.07) is 7.18. The molecule has 1 aromatic rings. The van der Waals surface area contributed by atoms with Crippen LogP contribution in [0.15, 0.2) is 24.3 Å². The Kier molecular flexibility index (Phi) is 5.36. The van der Waals surface area contributed by atoms with E-state index in [2.05, 4.69) is 38.0 Å². The number of carbonyl (C=O) groups is 1. The quantitative estimate of drug-likeness (QED) is 0.776. The number of amides is 1. The number of carbonyl (C=O) groups excluding carboxylic acids is 1. The highest BCUT2D eigenvalue weighted by Crippen LogP contribution is 2.16. The first-order valence-electron chi connectivity index (χ1n) is 6.72. The molecule has 1 amide bonds. The molecule has 0 saturated carbocycles. The predicted molar refractivity (Wildman–Crippen MR) is 81.1 cm³/mol. The van der Waals surface area contributed by atoms with Crippen molar-refractivity contribution in [1.29, 1.82) is 0 Å². The molecule has 0 unspecified atom stereocenters. The van der Waals surface area contributed by atoms with Gasteiger partial charge in [-0.25, -0.2) is 0 Å². The molecule has 0 fully saturated rings. The minimum atomic E-state index is 0.0310. The zero-order chi connectivity index (χ0) is 14.5. The number of rotatable bonds is 6. The van der Waals surface area contributed by atoms with Crippen molar-refractivity contribution in [1.82, 2.24) is 4.90 Å². The van der Waals surface area contributed by atoms with Crippen molar-refractivity contribution in [2.75, 3.05) is 24.6 Å². The Morgan fingerprint density at radius 3 is 2.42 bits per heavy atom. The SMILES string of the molecule is CCC(C)(C)N(C)CCC(=O)Nc1ccc(N)cc1. The summed E-state index contributed by atoms with van der Waals surface area (Å²) in [5.74, 6) is 0.0310. The van der Waals surface area contributed by atoms with Crippen molar-refractivity contribution < 1.29 is 4.79 Å². The van der Waals surface area contributed by atoms with Crippen LogP contribution in [0.5, 0.6) is 0 Å². The van der Waals surface area contributed by atoms with Crippen LogP contribution in [0.4, 0.5) is 11.4 Å². The van der Waals surface area contributed by atoms with E-state index in [9.17, 15) is 4.79 Å². The van der Waals surface area contributed by atoms with Gasteiger partial charge in [0.2, 0.25) is 5.91 Å². The standard InChI is InChI=1S/C15H25N3O/c1-5-15(2,3)18(4)11-10-14(19)17-13-8-6-12(16)7-9-13/h6-9H,5,10-11,16H2,1-4H3,(H,17,19). The maximum atomic E-state index is 11.8. The molecule has 4 heteroatoms. The lowest BCUT2D eigenvalue weighted by Crippen LogP contribution is -2.41. The molecule has 0 saturated heterocycles. The topological polar surface area (TPSA) is 58.4 Å². The Bertz CT molecular complexity index is 412. The minimum Gasteiger partial charge on any atom is -0.399 e. The summed E-state index contributed by atoms with van der Waals surface area (Å²) >= 11 is 0. The van der Waals surface area contributed by atoms with Crippen LogP contribution in [-0.4, -0.2) is 29.9 Å². The maximum absolute atomic E-state index is 11.8. The lowest BCUT2D eigenvalue weighted by atomic mass is 10.00. The van der Waals surface area contributed by atoms with E-state index in [1.54, 1.807) is 12.1 Å². The van der Waals surface area contributed by atoms with Crippen molar-refractivity contribution in [2.45, 2.75) is 39.2 Å². The number of nitrogens with one attached hydrogen (secondary N) is 1. The van der Waals surface area contributed by atoms with Crippen LogP contribution in [0.1, 0.15) is 33.6 Å². The Hall–Kier alpha value is -1.55. The summed E-state index contributed by atoms with van der Waals surface area (Å²) in [5, 5.41) is 2.87. The molecule has 0 spiro atoms. The van der Waals surface area contributed by atoms with Crippen LogP contribution < -0.4 is 11.1 Å². The maximum Gasteiger partial charge on any atom is 0.225 e. The molecule has 4 nitrogen and oxygen atoms in total. The van der Waals surface area contributed by atoms with Crippen molar-refractivity contribution in [3.05, 3.63) is 24.3 Å². The number of anilines is 2.